The number of phenolic OH excluding ortho intramolecular Hbond substituents is 1. The molecule has 0 aromatic heterocycles. The normalized spacial score (nSPS) is 18.4. The maximum absolute atomic E-state index is 12.0. The molecular weight excluding hydrogens is 344 g/mol. The number of phenols is 1. The fraction of sp³-hybridized carbons (Fsp3) is 0.231. The van der Waals surface area contributed by atoms with Gasteiger partial charge in [-0.15, -0.1) is 0 Å². The first-order chi connectivity index (χ1) is 9.43. The van der Waals surface area contributed by atoms with Gasteiger partial charge in [0, 0.05) is 5.70 Å². The summed E-state index contributed by atoms with van der Waals surface area (Å²) in [6.07, 6.45) is 0. The Bertz CT molecular complexity index is 616. The van der Waals surface area contributed by atoms with E-state index in [0.717, 1.165) is 5.56 Å². The molecule has 1 atom stereocenters. The monoisotopic (exact) mass is 356 g/mol. The number of thiocarbonyl (C=S) groups is 1. The van der Waals surface area contributed by atoms with E-state index in [4.69, 9.17) is 17.0 Å². The predicted octanol–water partition coefficient (Wildman–Crippen LogP) is 2.12. The number of nitrogens with one attached hydrogen (secondary N) is 2. The van der Waals surface area contributed by atoms with E-state index in [9.17, 15) is 9.90 Å². The van der Waals surface area contributed by atoms with Crippen LogP contribution < -0.4 is 10.6 Å². The Hall–Kier alpha value is -1.60. The summed E-state index contributed by atoms with van der Waals surface area (Å²) in [7, 11) is 1.33. The van der Waals surface area contributed by atoms with Gasteiger partial charge in [-0.25, -0.2) is 4.79 Å². The lowest BCUT2D eigenvalue weighted by molar-refractivity contribution is -0.136. The molecular formula is C13H13BrN2O3S. The molecule has 0 bridgehead atoms. The van der Waals surface area contributed by atoms with Crippen molar-refractivity contribution in [3.05, 3.63) is 39.5 Å². The lowest BCUT2D eigenvalue weighted by Gasteiger charge is -2.29. The topological polar surface area (TPSA) is 70.6 Å². The summed E-state index contributed by atoms with van der Waals surface area (Å²) in [5.41, 5.74) is 1.90. The number of aromatic hydroxyl groups is 1. The van der Waals surface area contributed by atoms with E-state index in [1.807, 2.05) is 0 Å². The minimum absolute atomic E-state index is 0.130. The highest BCUT2D eigenvalue weighted by Gasteiger charge is 2.30. The van der Waals surface area contributed by atoms with Crippen molar-refractivity contribution < 1.29 is 14.6 Å². The van der Waals surface area contributed by atoms with Crippen LogP contribution in [0.4, 0.5) is 0 Å². The molecule has 0 amide bonds. The number of hydrogen-bond donors (Lipinski definition) is 3. The molecule has 1 heterocycles. The number of rotatable bonds is 2. The average Bonchev–Trinajstić information content (AvgIpc) is 2.40. The maximum Gasteiger partial charge on any atom is 0.337 e. The third kappa shape index (κ3) is 2.78. The van der Waals surface area contributed by atoms with Crippen molar-refractivity contribution in [1.29, 1.82) is 0 Å². The summed E-state index contributed by atoms with van der Waals surface area (Å²) in [6.45, 7) is 1.77. The van der Waals surface area contributed by atoms with E-state index in [-0.39, 0.29) is 5.75 Å². The van der Waals surface area contributed by atoms with Gasteiger partial charge in [-0.1, -0.05) is 6.07 Å². The average molecular weight is 357 g/mol. The number of methoxy groups -OCH3 is 1. The summed E-state index contributed by atoms with van der Waals surface area (Å²) in [5, 5.41) is 15.9. The number of halogens is 1. The first-order valence-corrected chi connectivity index (χ1v) is 6.99. The second-order valence-electron chi connectivity index (χ2n) is 4.27. The van der Waals surface area contributed by atoms with E-state index in [1.54, 1.807) is 25.1 Å². The van der Waals surface area contributed by atoms with Gasteiger partial charge in [0.25, 0.3) is 0 Å². The standard InChI is InChI=1S/C13H13BrN2O3S/c1-6-10(12(18)19-2)11(16-13(20)15-6)7-3-4-9(17)8(14)5-7/h3-5,11,17H,1-2H3,(H2,15,16,20)/t11-/m0/s1. The first kappa shape index (κ1) is 14.8. The van der Waals surface area contributed by atoms with E-state index in [1.165, 1.54) is 7.11 Å². The number of carbonyl (C=O) groups excluding carboxylic acids is 1. The molecule has 0 saturated carbocycles. The number of allylic oxidation sites excluding steroid dienone is 1. The summed E-state index contributed by atoms with van der Waals surface area (Å²) >= 11 is 8.38. The Morgan fingerprint density at radius 2 is 2.20 bits per heavy atom. The van der Waals surface area contributed by atoms with Crippen LogP contribution in [0.15, 0.2) is 33.9 Å². The molecule has 2 rings (SSSR count). The van der Waals surface area contributed by atoms with Crippen molar-refractivity contribution in [2.45, 2.75) is 13.0 Å². The first-order valence-electron chi connectivity index (χ1n) is 5.79. The lowest BCUT2D eigenvalue weighted by Crippen LogP contribution is -2.45. The number of carbonyl (C=O) groups is 1. The van der Waals surface area contributed by atoms with Crippen LogP contribution >= 0.6 is 28.1 Å². The van der Waals surface area contributed by atoms with Gasteiger partial charge < -0.3 is 20.5 Å². The molecule has 7 heteroatoms. The van der Waals surface area contributed by atoms with E-state index >= 15 is 0 Å². The quantitative estimate of drug-likeness (QED) is 0.557. The fourth-order valence-electron chi connectivity index (χ4n) is 2.03. The number of ether oxygens (including phenoxy) is 1. The van der Waals surface area contributed by atoms with Crippen molar-refractivity contribution in [2.24, 2.45) is 0 Å². The molecule has 0 fully saturated rings. The molecule has 5 nitrogen and oxygen atoms in total. The van der Waals surface area contributed by atoms with E-state index in [0.29, 0.717) is 20.9 Å². The minimum atomic E-state index is -0.431. The highest BCUT2D eigenvalue weighted by Crippen LogP contribution is 2.32. The third-order valence-corrected chi connectivity index (χ3v) is 3.83. The molecule has 1 aliphatic rings. The number of hydrogen-bond acceptors (Lipinski definition) is 4. The molecule has 20 heavy (non-hydrogen) atoms. The van der Waals surface area contributed by atoms with Crippen LogP contribution in [0.5, 0.6) is 5.75 Å². The molecule has 1 aromatic rings. The smallest absolute Gasteiger partial charge is 0.337 e. The zero-order valence-electron chi connectivity index (χ0n) is 10.9. The van der Waals surface area contributed by atoms with Crippen LogP contribution in [0.3, 0.4) is 0 Å². The van der Waals surface area contributed by atoms with Crippen LogP contribution in [0, 0.1) is 0 Å². The van der Waals surface area contributed by atoms with Crippen LogP contribution in [0.1, 0.15) is 18.5 Å². The van der Waals surface area contributed by atoms with Crippen LogP contribution in [0.2, 0.25) is 0 Å². The summed E-state index contributed by atoms with van der Waals surface area (Å²) in [4.78, 5) is 12.0. The lowest BCUT2D eigenvalue weighted by atomic mass is 9.95. The van der Waals surface area contributed by atoms with Gasteiger partial charge in [-0.3, -0.25) is 0 Å². The Kier molecular flexibility index (Phi) is 4.29. The second-order valence-corrected chi connectivity index (χ2v) is 5.54. The van der Waals surface area contributed by atoms with Gasteiger partial charge >= 0.3 is 5.97 Å². The van der Waals surface area contributed by atoms with Crippen molar-refractivity contribution in [1.82, 2.24) is 10.6 Å². The predicted molar refractivity (Wildman–Crippen MR) is 82.1 cm³/mol. The van der Waals surface area contributed by atoms with Crippen molar-refractivity contribution in [3.63, 3.8) is 0 Å². The molecule has 0 saturated heterocycles. The molecule has 106 valence electrons. The van der Waals surface area contributed by atoms with Gasteiger partial charge in [0.15, 0.2) is 5.11 Å². The van der Waals surface area contributed by atoms with E-state index < -0.39 is 12.0 Å². The van der Waals surface area contributed by atoms with Gasteiger partial charge in [0.2, 0.25) is 0 Å². The Labute approximate surface area is 130 Å². The highest BCUT2D eigenvalue weighted by atomic mass is 79.9. The van der Waals surface area contributed by atoms with Gasteiger partial charge in [-0.05, 0) is 52.8 Å². The van der Waals surface area contributed by atoms with Gasteiger partial charge in [0.05, 0.1) is 23.2 Å². The van der Waals surface area contributed by atoms with E-state index in [2.05, 4.69) is 26.6 Å². The Balaban J connectivity index is 2.50. The number of benzene rings is 1. The molecule has 1 aromatic carbocycles. The van der Waals surface area contributed by atoms with Crippen LogP contribution in [-0.4, -0.2) is 23.3 Å². The van der Waals surface area contributed by atoms with Gasteiger partial charge in [0.1, 0.15) is 5.75 Å². The Morgan fingerprint density at radius 3 is 2.80 bits per heavy atom. The van der Waals surface area contributed by atoms with Crippen molar-refractivity contribution in [3.8, 4) is 5.75 Å². The number of esters is 1. The van der Waals surface area contributed by atoms with Gasteiger partial charge in [-0.2, -0.15) is 0 Å². The molecule has 0 aliphatic carbocycles. The third-order valence-electron chi connectivity index (χ3n) is 2.98. The summed E-state index contributed by atoms with van der Waals surface area (Å²) < 4.78 is 5.36. The molecule has 0 spiro atoms. The summed E-state index contributed by atoms with van der Waals surface area (Å²) in [5.74, 6) is -0.301. The highest BCUT2D eigenvalue weighted by molar-refractivity contribution is 9.10. The molecule has 0 radical (unpaired) electrons. The SMILES string of the molecule is COC(=O)C1=C(C)NC(=S)N[C@H]1c1ccc(O)c(Br)c1. The fourth-order valence-corrected chi connectivity index (χ4v) is 2.69. The van der Waals surface area contributed by atoms with Crippen molar-refractivity contribution >= 4 is 39.2 Å². The van der Waals surface area contributed by atoms with Crippen LogP contribution in [-0.2, 0) is 9.53 Å². The second kappa shape index (κ2) is 5.80. The minimum Gasteiger partial charge on any atom is -0.507 e. The zero-order valence-corrected chi connectivity index (χ0v) is 13.3. The summed E-state index contributed by atoms with van der Waals surface area (Å²) in [6, 6.07) is 4.59. The van der Waals surface area contributed by atoms with Crippen LogP contribution in [0.25, 0.3) is 0 Å². The molecule has 1 aliphatic heterocycles. The largest absolute Gasteiger partial charge is 0.507 e. The molecule has 3 N–H and O–H groups in total. The van der Waals surface area contributed by atoms with Crippen molar-refractivity contribution in [2.75, 3.05) is 7.11 Å². The maximum atomic E-state index is 12.0. The molecule has 0 unspecified atom stereocenters. The zero-order chi connectivity index (χ0) is 14.9. The Morgan fingerprint density at radius 1 is 1.50 bits per heavy atom.